The number of hydrogen-bond acceptors (Lipinski definition) is 3. The van der Waals surface area contributed by atoms with Crippen molar-refractivity contribution >= 4 is 5.91 Å². The Balaban J connectivity index is 2.40. The summed E-state index contributed by atoms with van der Waals surface area (Å²) in [4.78, 5) is 14.0. The van der Waals surface area contributed by atoms with Gasteiger partial charge >= 0.3 is 0 Å². The van der Waals surface area contributed by atoms with E-state index in [-0.39, 0.29) is 5.91 Å². The minimum Gasteiger partial charge on any atom is -0.380 e. The molecule has 1 amide bonds. The van der Waals surface area contributed by atoms with Gasteiger partial charge in [-0.3, -0.25) is 4.79 Å². The fraction of sp³-hybridized carbons (Fsp3) is 0.562. The van der Waals surface area contributed by atoms with Gasteiger partial charge in [-0.05, 0) is 32.3 Å². The molecule has 0 heterocycles. The lowest BCUT2D eigenvalue weighted by Gasteiger charge is -2.24. The van der Waals surface area contributed by atoms with E-state index in [0.717, 1.165) is 6.42 Å². The monoisotopic (exact) mass is 278 g/mol. The fourth-order valence-corrected chi connectivity index (χ4v) is 2.07. The lowest BCUT2D eigenvalue weighted by molar-refractivity contribution is -0.133. The third-order valence-corrected chi connectivity index (χ3v) is 3.31. The number of nitrogens with zero attached hydrogens (tertiary/aromatic N) is 1. The highest BCUT2D eigenvalue weighted by atomic mass is 16.5. The third-order valence-electron chi connectivity index (χ3n) is 3.31. The van der Waals surface area contributed by atoms with Gasteiger partial charge in [0.15, 0.2) is 0 Å². The molecule has 0 aliphatic carbocycles. The van der Waals surface area contributed by atoms with Crippen LogP contribution < -0.4 is 5.73 Å². The second-order valence-electron chi connectivity index (χ2n) is 4.75. The molecule has 1 aromatic rings. The van der Waals surface area contributed by atoms with Crippen LogP contribution in [0.5, 0.6) is 0 Å². The van der Waals surface area contributed by atoms with Gasteiger partial charge in [0.2, 0.25) is 5.91 Å². The molecular formula is C16H26N2O2. The summed E-state index contributed by atoms with van der Waals surface area (Å²) in [6, 6.07) is 9.68. The fourth-order valence-electron chi connectivity index (χ4n) is 2.07. The molecule has 4 heteroatoms. The van der Waals surface area contributed by atoms with E-state index in [1.165, 1.54) is 5.56 Å². The van der Waals surface area contributed by atoms with Gasteiger partial charge in [0.05, 0.1) is 12.6 Å². The number of carbonyl (C=O) groups is 1. The van der Waals surface area contributed by atoms with E-state index in [1.54, 1.807) is 4.90 Å². The minimum absolute atomic E-state index is 0.0168. The first-order valence-corrected chi connectivity index (χ1v) is 7.35. The first kappa shape index (κ1) is 16.7. The molecule has 0 aromatic heterocycles. The van der Waals surface area contributed by atoms with Crippen LogP contribution in [0.1, 0.15) is 25.8 Å². The molecular weight excluding hydrogens is 252 g/mol. The summed E-state index contributed by atoms with van der Waals surface area (Å²) in [7, 11) is 0. The van der Waals surface area contributed by atoms with Crippen molar-refractivity contribution in [2.45, 2.75) is 32.7 Å². The van der Waals surface area contributed by atoms with Crippen LogP contribution >= 0.6 is 0 Å². The number of benzene rings is 1. The van der Waals surface area contributed by atoms with Crippen LogP contribution in [0.25, 0.3) is 0 Å². The average molecular weight is 278 g/mol. The zero-order valence-corrected chi connectivity index (χ0v) is 12.5. The van der Waals surface area contributed by atoms with Crippen molar-refractivity contribution in [3.63, 3.8) is 0 Å². The highest BCUT2D eigenvalue weighted by Crippen LogP contribution is 2.06. The number of rotatable bonds is 9. The molecule has 1 unspecified atom stereocenters. The zero-order chi connectivity index (χ0) is 14.8. The molecule has 0 aliphatic heterocycles. The molecule has 0 saturated carbocycles. The van der Waals surface area contributed by atoms with E-state index in [9.17, 15) is 4.79 Å². The summed E-state index contributed by atoms with van der Waals surface area (Å²) in [5.74, 6) is 0.0168. The quantitative estimate of drug-likeness (QED) is 0.701. The van der Waals surface area contributed by atoms with Crippen LogP contribution in [0, 0.1) is 0 Å². The maximum Gasteiger partial charge on any atom is 0.239 e. The summed E-state index contributed by atoms with van der Waals surface area (Å²) in [5, 5.41) is 0. The number of ether oxygens (including phenoxy) is 1. The normalized spacial score (nSPS) is 12.2. The molecule has 20 heavy (non-hydrogen) atoms. The second kappa shape index (κ2) is 9.50. The lowest BCUT2D eigenvalue weighted by atomic mass is 10.0. The Morgan fingerprint density at radius 1 is 1.30 bits per heavy atom. The Morgan fingerprint density at radius 2 is 2.00 bits per heavy atom. The molecule has 1 rings (SSSR count). The summed E-state index contributed by atoms with van der Waals surface area (Å²) in [6.45, 7) is 6.44. The van der Waals surface area contributed by atoms with E-state index in [4.69, 9.17) is 10.5 Å². The van der Waals surface area contributed by atoms with Crippen LogP contribution in [-0.4, -0.2) is 43.2 Å². The van der Waals surface area contributed by atoms with E-state index in [0.29, 0.717) is 32.7 Å². The van der Waals surface area contributed by atoms with Crippen LogP contribution in [0.15, 0.2) is 30.3 Å². The lowest BCUT2D eigenvalue weighted by Crippen LogP contribution is -2.45. The topological polar surface area (TPSA) is 55.6 Å². The van der Waals surface area contributed by atoms with Crippen molar-refractivity contribution in [1.82, 2.24) is 4.90 Å². The third kappa shape index (κ3) is 5.72. The van der Waals surface area contributed by atoms with Crippen molar-refractivity contribution in [3.05, 3.63) is 35.9 Å². The average Bonchev–Trinajstić information content (AvgIpc) is 2.49. The van der Waals surface area contributed by atoms with Crippen molar-refractivity contribution in [2.75, 3.05) is 26.3 Å². The van der Waals surface area contributed by atoms with Gasteiger partial charge in [0, 0.05) is 19.7 Å². The Hall–Kier alpha value is -1.39. The number of nitrogens with two attached hydrogens (primary N) is 1. The molecule has 1 aromatic carbocycles. The zero-order valence-electron chi connectivity index (χ0n) is 12.5. The number of likely N-dealkylation sites (N-methyl/N-ethyl adjacent to an activating group) is 1. The molecule has 0 spiro atoms. The molecule has 1 atom stereocenters. The standard InChI is InChI=1S/C16H26N2O2/c1-3-18(12-13-20-4-2)16(19)15(17)11-10-14-8-6-5-7-9-14/h5-9,15H,3-4,10-13,17H2,1-2H3. The molecule has 0 aliphatic rings. The first-order chi connectivity index (χ1) is 9.69. The predicted molar refractivity (Wildman–Crippen MR) is 81.5 cm³/mol. The second-order valence-corrected chi connectivity index (χ2v) is 4.75. The molecule has 0 radical (unpaired) electrons. The van der Waals surface area contributed by atoms with Gasteiger partial charge in [-0.2, -0.15) is 0 Å². The van der Waals surface area contributed by atoms with Crippen molar-refractivity contribution < 1.29 is 9.53 Å². The predicted octanol–water partition coefficient (Wildman–Crippen LogP) is 1.83. The molecule has 0 bridgehead atoms. The molecule has 0 fully saturated rings. The van der Waals surface area contributed by atoms with Gasteiger partial charge in [-0.25, -0.2) is 0 Å². The molecule has 0 saturated heterocycles. The van der Waals surface area contributed by atoms with E-state index in [1.807, 2.05) is 32.0 Å². The van der Waals surface area contributed by atoms with E-state index < -0.39 is 6.04 Å². The highest BCUT2D eigenvalue weighted by Gasteiger charge is 2.19. The summed E-state index contributed by atoms with van der Waals surface area (Å²) < 4.78 is 5.29. The number of aryl methyl sites for hydroxylation is 1. The van der Waals surface area contributed by atoms with Crippen molar-refractivity contribution in [2.24, 2.45) is 5.73 Å². The van der Waals surface area contributed by atoms with Crippen LogP contribution in [0.4, 0.5) is 0 Å². The first-order valence-electron chi connectivity index (χ1n) is 7.35. The minimum atomic E-state index is -0.434. The Morgan fingerprint density at radius 3 is 2.60 bits per heavy atom. The van der Waals surface area contributed by atoms with Gasteiger partial charge in [-0.15, -0.1) is 0 Å². The molecule has 4 nitrogen and oxygen atoms in total. The Bertz CT molecular complexity index is 381. The van der Waals surface area contributed by atoms with E-state index in [2.05, 4.69) is 12.1 Å². The van der Waals surface area contributed by atoms with Gasteiger partial charge < -0.3 is 15.4 Å². The van der Waals surface area contributed by atoms with Crippen LogP contribution in [0.3, 0.4) is 0 Å². The van der Waals surface area contributed by atoms with Crippen molar-refractivity contribution in [3.8, 4) is 0 Å². The number of carbonyl (C=O) groups excluding carboxylic acids is 1. The Kier molecular flexibility index (Phi) is 7.92. The number of hydrogen-bond donors (Lipinski definition) is 1. The van der Waals surface area contributed by atoms with Crippen LogP contribution in [0.2, 0.25) is 0 Å². The van der Waals surface area contributed by atoms with Crippen LogP contribution in [-0.2, 0) is 16.0 Å². The van der Waals surface area contributed by atoms with Gasteiger partial charge in [0.1, 0.15) is 0 Å². The summed E-state index contributed by atoms with van der Waals surface area (Å²) >= 11 is 0. The van der Waals surface area contributed by atoms with Crippen molar-refractivity contribution in [1.29, 1.82) is 0 Å². The molecule has 112 valence electrons. The SMILES string of the molecule is CCOCCN(CC)C(=O)C(N)CCc1ccccc1. The van der Waals surface area contributed by atoms with E-state index >= 15 is 0 Å². The largest absolute Gasteiger partial charge is 0.380 e. The maximum atomic E-state index is 12.2. The number of amides is 1. The Labute approximate surface area is 121 Å². The van der Waals surface area contributed by atoms with Gasteiger partial charge in [0.25, 0.3) is 0 Å². The van der Waals surface area contributed by atoms with Gasteiger partial charge in [-0.1, -0.05) is 30.3 Å². The smallest absolute Gasteiger partial charge is 0.239 e. The highest BCUT2D eigenvalue weighted by molar-refractivity contribution is 5.81. The summed E-state index contributed by atoms with van der Waals surface area (Å²) in [6.07, 6.45) is 1.50. The maximum absolute atomic E-state index is 12.2. The summed E-state index contributed by atoms with van der Waals surface area (Å²) in [5.41, 5.74) is 7.23. The molecule has 2 N–H and O–H groups in total.